The van der Waals surface area contributed by atoms with Gasteiger partial charge < -0.3 is 16.0 Å². The first kappa shape index (κ1) is 17.4. The molecule has 0 radical (unpaired) electrons. The van der Waals surface area contributed by atoms with E-state index in [-0.39, 0.29) is 24.2 Å². The molecule has 106 valence electrons. The van der Waals surface area contributed by atoms with Crippen LogP contribution in [-0.4, -0.2) is 38.5 Å². The first-order valence-electron chi connectivity index (χ1n) is 6.00. The minimum absolute atomic E-state index is 0. The van der Waals surface area contributed by atoms with Crippen LogP contribution in [0.25, 0.3) is 0 Å². The molecule has 0 saturated carbocycles. The second kappa shape index (κ2) is 9.35. The predicted octanol–water partition coefficient (Wildman–Crippen LogP) is 0.807. The number of nitrogens with one attached hydrogen (secondary N) is 3. The normalized spacial score (nSPS) is 9.37. The van der Waals surface area contributed by atoms with Crippen LogP contribution in [0, 0.1) is 0 Å². The monoisotopic (exact) mass is 285 g/mol. The highest BCUT2D eigenvalue weighted by molar-refractivity contribution is 5.99. The number of benzene rings is 1. The molecule has 6 heteroatoms. The van der Waals surface area contributed by atoms with Gasteiger partial charge in [0.15, 0.2) is 0 Å². The maximum atomic E-state index is 11.8. The number of carbonyl (C=O) groups excluding carboxylic acids is 2. The smallest absolute Gasteiger partial charge is 0.251 e. The Morgan fingerprint density at radius 1 is 1.11 bits per heavy atom. The lowest BCUT2D eigenvalue weighted by molar-refractivity contribution is 0.0954. The van der Waals surface area contributed by atoms with Crippen LogP contribution < -0.4 is 16.0 Å². The molecule has 0 aromatic heterocycles. The Balaban J connectivity index is 0.00000324. The fraction of sp³-hybridized carbons (Fsp3) is 0.385. The average Bonchev–Trinajstić information content (AvgIpc) is 2.42. The van der Waals surface area contributed by atoms with Crippen molar-refractivity contribution in [2.24, 2.45) is 0 Å². The summed E-state index contributed by atoms with van der Waals surface area (Å²) in [6.07, 6.45) is 0. The van der Waals surface area contributed by atoms with E-state index >= 15 is 0 Å². The molecular weight excluding hydrogens is 266 g/mol. The van der Waals surface area contributed by atoms with Crippen LogP contribution in [0.1, 0.15) is 27.6 Å². The molecule has 3 N–H and O–H groups in total. The van der Waals surface area contributed by atoms with Crippen LogP contribution >= 0.6 is 12.4 Å². The summed E-state index contributed by atoms with van der Waals surface area (Å²) in [5, 5.41) is 8.43. The summed E-state index contributed by atoms with van der Waals surface area (Å²) in [6.45, 7) is 4.19. The van der Waals surface area contributed by atoms with Crippen molar-refractivity contribution in [3.8, 4) is 0 Å². The zero-order valence-electron chi connectivity index (χ0n) is 11.2. The summed E-state index contributed by atoms with van der Waals surface area (Å²) in [5.74, 6) is -0.365. The first-order chi connectivity index (χ1) is 8.69. The third-order valence-electron chi connectivity index (χ3n) is 2.45. The van der Waals surface area contributed by atoms with Gasteiger partial charge in [0.25, 0.3) is 11.8 Å². The van der Waals surface area contributed by atoms with Crippen molar-refractivity contribution >= 4 is 24.2 Å². The predicted molar refractivity (Wildman–Crippen MR) is 78.0 cm³/mol. The van der Waals surface area contributed by atoms with E-state index in [1.54, 1.807) is 31.3 Å². The lowest BCUT2D eigenvalue weighted by Crippen LogP contribution is -2.31. The Morgan fingerprint density at radius 2 is 1.74 bits per heavy atom. The van der Waals surface area contributed by atoms with Crippen molar-refractivity contribution in [3.05, 3.63) is 35.4 Å². The Bertz CT molecular complexity index is 424. The highest BCUT2D eigenvalue weighted by Crippen LogP contribution is 2.05. The van der Waals surface area contributed by atoms with Crippen LogP contribution in [-0.2, 0) is 0 Å². The molecular formula is C13H20ClN3O2. The quantitative estimate of drug-likeness (QED) is 0.678. The van der Waals surface area contributed by atoms with E-state index in [4.69, 9.17) is 0 Å². The van der Waals surface area contributed by atoms with Gasteiger partial charge in [0.2, 0.25) is 0 Å². The molecule has 5 nitrogen and oxygen atoms in total. The van der Waals surface area contributed by atoms with Crippen molar-refractivity contribution in [2.45, 2.75) is 6.92 Å². The molecule has 0 unspecified atom stereocenters. The summed E-state index contributed by atoms with van der Waals surface area (Å²) >= 11 is 0. The van der Waals surface area contributed by atoms with E-state index in [0.29, 0.717) is 17.7 Å². The summed E-state index contributed by atoms with van der Waals surface area (Å²) in [5.41, 5.74) is 0.976. The molecule has 0 atom stereocenters. The highest BCUT2D eigenvalue weighted by atomic mass is 35.5. The summed E-state index contributed by atoms with van der Waals surface area (Å²) in [7, 11) is 1.56. The maximum Gasteiger partial charge on any atom is 0.251 e. The Hall–Kier alpha value is -1.59. The molecule has 19 heavy (non-hydrogen) atoms. The van der Waals surface area contributed by atoms with E-state index in [1.165, 1.54) is 0 Å². The van der Waals surface area contributed by atoms with Gasteiger partial charge in [-0.2, -0.15) is 0 Å². The minimum Gasteiger partial charge on any atom is -0.355 e. The molecule has 0 saturated heterocycles. The number of rotatable bonds is 6. The summed E-state index contributed by atoms with van der Waals surface area (Å²) in [4.78, 5) is 23.2. The molecule has 0 aliphatic rings. The standard InChI is InChI=1S/C13H19N3O2.ClH/c1-3-15-7-8-16-13(18)11-6-4-5-10(9-11)12(17)14-2;/h4-6,9,15H,3,7-8H2,1-2H3,(H,14,17)(H,16,18);1H. The molecule has 1 aromatic rings. The molecule has 1 aromatic carbocycles. The second-order valence-corrected chi connectivity index (χ2v) is 3.77. The molecule has 2 amide bonds. The van der Waals surface area contributed by atoms with E-state index in [9.17, 15) is 9.59 Å². The van der Waals surface area contributed by atoms with Crippen LogP contribution in [0.3, 0.4) is 0 Å². The van der Waals surface area contributed by atoms with Gasteiger partial charge in [0.1, 0.15) is 0 Å². The van der Waals surface area contributed by atoms with Crippen LogP contribution in [0.5, 0.6) is 0 Å². The number of amides is 2. The topological polar surface area (TPSA) is 70.2 Å². The van der Waals surface area contributed by atoms with Gasteiger partial charge in [-0.1, -0.05) is 13.0 Å². The number of hydrogen-bond donors (Lipinski definition) is 3. The Morgan fingerprint density at radius 3 is 2.32 bits per heavy atom. The Labute approximate surface area is 119 Å². The van der Waals surface area contributed by atoms with Crippen molar-refractivity contribution < 1.29 is 9.59 Å². The number of carbonyl (C=O) groups is 2. The maximum absolute atomic E-state index is 11.8. The number of hydrogen-bond acceptors (Lipinski definition) is 3. The third kappa shape index (κ3) is 5.72. The number of likely N-dealkylation sites (N-methyl/N-ethyl adjacent to an activating group) is 1. The third-order valence-corrected chi connectivity index (χ3v) is 2.45. The summed E-state index contributed by atoms with van der Waals surface area (Å²) < 4.78 is 0. The second-order valence-electron chi connectivity index (χ2n) is 3.77. The fourth-order valence-electron chi connectivity index (χ4n) is 1.49. The Kier molecular flexibility index (Phi) is 8.57. The minimum atomic E-state index is -0.197. The molecule has 0 fully saturated rings. The lowest BCUT2D eigenvalue weighted by Gasteiger charge is -2.06. The van der Waals surface area contributed by atoms with Gasteiger partial charge in [-0.3, -0.25) is 9.59 Å². The largest absolute Gasteiger partial charge is 0.355 e. The SMILES string of the molecule is CCNCCNC(=O)c1cccc(C(=O)NC)c1.Cl. The van der Waals surface area contributed by atoms with Crippen molar-refractivity contribution in [1.82, 2.24) is 16.0 Å². The van der Waals surface area contributed by atoms with E-state index < -0.39 is 0 Å². The molecule has 0 aliphatic heterocycles. The van der Waals surface area contributed by atoms with Crippen LogP contribution in [0.15, 0.2) is 24.3 Å². The van der Waals surface area contributed by atoms with Gasteiger partial charge in [-0.05, 0) is 24.7 Å². The summed E-state index contributed by atoms with van der Waals surface area (Å²) in [6, 6.07) is 6.65. The van der Waals surface area contributed by atoms with Gasteiger partial charge >= 0.3 is 0 Å². The average molecular weight is 286 g/mol. The van der Waals surface area contributed by atoms with Gasteiger partial charge in [-0.15, -0.1) is 12.4 Å². The van der Waals surface area contributed by atoms with Gasteiger partial charge in [0, 0.05) is 31.3 Å². The van der Waals surface area contributed by atoms with Crippen molar-refractivity contribution in [3.63, 3.8) is 0 Å². The van der Waals surface area contributed by atoms with Gasteiger partial charge in [0.05, 0.1) is 0 Å². The highest BCUT2D eigenvalue weighted by Gasteiger charge is 2.08. The molecule has 0 heterocycles. The van der Waals surface area contributed by atoms with E-state index in [0.717, 1.165) is 13.1 Å². The first-order valence-corrected chi connectivity index (χ1v) is 6.00. The van der Waals surface area contributed by atoms with Gasteiger partial charge in [-0.25, -0.2) is 0 Å². The fourth-order valence-corrected chi connectivity index (χ4v) is 1.49. The molecule has 0 bridgehead atoms. The molecule has 1 rings (SSSR count). The van der Waals surface area contributed by atoms with Crippen LogP contribution in [0.2, 0.25) is 0 Å². The van der Waals surface area contributed by atoms with Crippen molar-refractivity contribution in [1.29, 1.82) is 0 Å². The molecule has 0 aliphatic carbocycles. The van der Waals surface area contributed by atoms with E-state index in [1.807, 2.05) is 6.92 Å². The van der Waals surface area contributed by atoms with Crippen molar-refractivity contribution in [2.75, 3.05) is 26.7 Å². The zero-order chi connectivity index (χ0) is 13.4. The molecule has 0 spiro atoms. The number of halogens is 1. The lowest BCUT2D eigenvalue weighted by atomic mass is 10.1. The van der Waals surface area contributed by atoms with E-state index in [2.05, 4.69) is 16.0 Å². The zero-order valence-corrected chi connectivity index (χ0v) is 12.0. The van der Waals surface area contributed by atoms with Crippen LogP contribution in [0.4, 0.5) is 0 Å².